The average Bonchev–Trinajstić information content (AvgIpc) is 2.57. The van der Waals surface area contributed by atoms with E-state index in [4.69, 9.17) is 0 Å². The van der Waals surface area contributed by atoms with E-state index in [1.54, 1.807) is 24.3 Å². The summed E-state index contributed by atoms with van der Waals surface area (Å²) in [6, 6.07) is 6.94. The Morgan fingerprint density at radius 3 is 2.58 bits per heavy atom. The highest BCUT2D eigenvalue weighted by Crippen LogP contribution is 2.04. The maximum atomic E-state index is 12.4. The van der Waals surface area contributed by atoms with Crippen LogP contribution in [-0.4, -0.2) is 50.3 Å². The van der Waals surface area contributed by atoms with Gasteiger partial charge in [0.2, 0.25) is 11.8 Å². The van der Waals surface area contributed by atoms with Gasteiger partial charge in [0.1, 0.15) is 5.52 Å². The molecule has 1 heterocycles. The zero-order valence-corrected chi connectivity index (χ0v) is 15.7. The topological polar surface area (TPSA) is 97.2 Å². The Labute approximate surface area is 152 Å². The zero-order chi connectivity index (χ0) is 19.3. The summed E-state index contributed by atoms with van der Waals surface area (Å²) >= 11 is 0. The molecule has 8 nitrogen and oxygen atoms in total. The summed E-state index contributed by atoms with van der Waals surface area (Å²) in [7, 11) is 0. The van der Waals surface area contributed by atoms with Gasteiger partial charge in [-0.2, -0.15) is 0 Å². The Morgan fingerprint density at radius 1 is 1.23 bits per heavy atom. The second-order valence-electron chi connectivity index (χ2n) is 7.09. The smallest absolute Gasteiger partial charge is 0.277 e. The second kappa shape index (κ2) is 8.07. The lowest BCUT2D eigenvalue weighted by atomic mass is 10.1. The molecule has 0 aliphatic heterocycles. The van der Waals surface area contributed by atoms with Crippen molar-refractivity contribution in [3.8, 4) is 0 Å². The summed E-state index contributed by atoms with van der Waals surface area (Å²) in [5.41, 5.74) is -0.112. The van der Waals surface area contributed by atoms with Gasteiger partial charge < -0.3 is 10.2 Å². The van der Waals surface area contributed by atoms with Crippen molar-refractivity contribution in [1.82, 2.24) is 25.2 Å². The van der Waals surface area contributed by atoms with Crippen LogP contribution in [0.15, 0.2) is 29.1 Å². The van der Waals surface area contributed by atoms with Crippen LogP contribution in [0.4, 0.5) is 0 Å². The normalized spacial score (nSPS) is 11.4. The molecule has 140 valence electrons. The number of hydrogen-bond acceptors (Lipinski definition) is 5. The van der Waals surface area contributed by atoms with E-state index in [0.717, 1.165) is 0 Å². The molecule has 8 heteroatoms. The number of nitrogens with zero attached hydrogens (tertiary/aromatic N) is 4. The molecule has 1 aromatic carbocycles. The van der Waals surface area contributed by atoms with Crippen molar-refractivity contribution in [2.24, 2.45) is 0 Å². The highest BCUT2D eigenvalue weighted by molar-refractivity contribution is 5.85. The third-order valence-corrected chi connectivity index (χ3v) is 3.75. The molecular weight excluding hydrogens is 334 g/mol. The van der Waals surface area contributed by atoms with Gasteiger partial charge in [-0.3, -0.25) is 14.4 Å². The number of nitrogens with one attached hydrogen (secondary N) is 1. The van der Waals surface area contributed by atoms with E-state index >= 15 is 0 Å². The lowest BCUT2D eigenvalue weighted by Crippen LogP contribution is -2.47. The molecule has 26 heavy (non-hydrogen) atoms. The maximum Gasteiger partial charge on any atom is 0.277 e. The van der Waals surface area contributed by atoms with Crippen molar-refractivity contribution in [2.75, 3.05) is 13.1 Å². The number of aromatic nitrogens is 3. The van der Waals surface area contributed by atoms with Gasteiger partial charge in [-0.15, -0.1) is 5.10 Å². The summed E-state index contributed by atoms with van der Waals surface area (Å²) in [5, 5.41) is 11.2. The van der Waals surface area contributed by atoms with E-state index in [0.29, 0.717) is 17.4 Å². The van der Waals surface area contributed by atoms with Crippen molar-refractivity contribution in [3.05, 3.63) is 34.6 Å². The largest absolute Gasteiger partial charge is 0.350 e. The molecule has 2 aromatic rings. The monoisotopic (exact) mass is 359 g/mol. The van der Waals surface area contributed by atoms with E-state index in [2.05, 4.69) is 15.6 Å². The van der Waals surface area contributed by atoms with E-state index in [1.165, 1.54) is 9.58 Å². The fraction of sp³-hybridized carbons (Fsp3) is 0.500. The van der Waals surface area contributed by atoms with Gasteiger partial charge in [0.25, 0.3) is 5.56 Å². The molecular formula is C18H25N5O3. The summed E-state index contributed by atoms with van der Waals surface area (Å²) in [6.07, 6.45) is 0.0730. The molecule has 2 amide bonds. The number of carbonyl (C=O) groups is 2. The minimum atomic E-state index is -0.354. The first-order valence-corrected chi connectivity index (χ1v) is 8.62. The van der Waals surface area contributed by atoms with Gasteiger partial charge >= 0.3 is 0 Å². The van der Waals surface area contributed by atoms with Crippen molar-refractivity contribution in [2.45, 2.75) is 46.2 Å². The molecule has 1 N–H and O–H groups in total. The molecule has 0 bridgehead atoms. The number of aryl methyl sites for hydroxylation is 1. The number of rotatable bonds is 6. The molecule has 0 unspecified atom stereocenters. The molecule has 0 aliphatic carbocycles. The molecule has 0 radical (unpaired) electrons. The average molecular weight is 359 g/mol. The first-order chi connectivity index (χ1) is 12.2. The van der Waals surface area contributed by atoms with Gasteiger partial charge in [-0.05, 0) is 39.8 Å². The predicted molar refractivity (Wildman–Crippen MR) is 98.6 cm³/mol. The van der Waals surface area contributed by atoms with Crippen LogP contribution in [0.25, 0.3) is 10.9 Å². The minimum Gasteiger partial charge on any atom is -0.350 e. The molecule has 1 aromatic heterocycles. The molecule has 0 spiro atoms. The number of amides is 2. The Balaban J connectivity index is 2.01. The van der Waals surface area contributed by atoms with Gasteiger partial charge in [-0.1, -0.05) is 17.3 Å². The first-order valence-electron chi connectivity index (χ1n) is 8.62. The van der Waals surface area contributed by atoms with Gasteiger partial charge in [0.15, 0.2) is 0 Å². The summed E-state index contributed by atoms with van der Waals surface area (Å²) in [4.78, 5) is 38.3. The molecule has 0 atom stereocenters. The van der Waals surface area contributed by atoms with Gasteiger partial charge in [0.05, 0.1) is 18.5 Å². The highest BCUT2D eigenvalue weighted by Gasteiger charge is 2.19. The van der Waals surface area contributed by atoms with Crippen LogP contribution in [0.3, 0.4) is 0 Å². The summed E-state index contributed by atoms with van der Waals surface area (Å²) in [5.74, 6) is -0.422. The summed E-state index contributed by atoms with van der Waals surface area (Å²) in [6.45, 7) is 7.98. The molecule has 0 saturated heterocycles. The minimum absolute atomic E-state index is 0.00903. The fourth-order valence-corrected chi connectivity index (χ4v) is 2.54. The number of likely N-dealkylation sites (N-methyl/N-ethyl adjacent to an activating group) is 1. The molecule has 0 aliphatic rings. The van der Waals surface area contributed by atoms with E-state index in [1.807, 2.05) is 27.7 Å². The Morgan fingerprint density at radius 2 is 1.92 bits per heavy atom. The Bertz CT molecular complexity index is 854. The number of hydrogen-bond donors (Lipinski definition) is 1. The highest BCUT2D eigenvalue weighted by atomic mass is 16.2. The van der Waals surface area contributed by atoms with Crippen molar-refractivity contribution in [3.63, 3.8) is 0 Å². The van der Waals surface area contributed by atoms with Crippen LogP contribution >= 0.6 is 0 Å². The van der Waals surface area contributed by atoms with Crippen LogP contribution < -0.4 is 10.9 Å². The van der Waals surface area contributed by atoms with Gasteiger partial charge in [-0.25, -0.2) is 4.68 Å². The van der Waals surface area contributed by atoms with Crippen LogP contribution in [0.2, 0.25) is 0 Å². The fourth-order valence-electron chi connectivity index (χ4n) is 2.54. The van der Waals surface area contributed by atoms with Crippen molar-refractivity contribution >= 4 is 22.7 Å². The van der Waals surface area contributed by atoms with Crippen molar-refractivity contribution < 1.29 is 9.59 Å². The molecule has 0 saturated carbocycles. The third kappa shape index (κ3) is 5.11. The van der Waals surface area contributed by atoms with Crippen LogP contribution in [0, 0.1) is 0 Å². The van der Waals surface area contributed by atoms with Gasteiger partial charge in [0, 0.05) is 18.5 Å². The van der Waals surface area contributed by atoms with Crippen LogP contribution in [0.1, 0.15) is 34.1 Å². The number of benzene rings is 1. The first kappa shape index (κ1) is 19.6. The molecule has 0 fully saturated rings. The van der Waals surface area contributed by atoms with Crippen LogP contribution in [0.5, 0.6) is 0 Å². The zero-order valence-electron chi connectivity index (χ0n) is 15.7. The Kier molecular flexibility index (Phi) is 6.07. The van der Waals surface area contributed by atoms with Crippen LogP contribution in [-0.2, 0) is 16.1 Å². The maximum absolute atomic E-state index is 12.4. The quantitative estimate of drug-likeness (QED) is 0.828. The van der Waals surface area contributed by atoms with Crippen molar-refractivity contribution in [1.29, 1.82) is 0 Å². The summed E-state index contributed by atoms with van der Waals surface area (Å²) < 4.78 is 1.18. The number of carbonyl (C=O) groups excluding carboxylic acids is 2. The van der Waals surface area contributed by atoms with E-state index < -0.39 is 0 Å². The predicted octanol–water partition coefficient (Wildman–Crippen LogP) is 0.945. The lowest BCUT2D eigenvalue weighted by Gasteiger charge is -2.25. The lowest BCUT2D eigenvalue weighted by molar-refractivity contribution is -0.136. The Hall–Kier alpha value is -2.77. The third-order valence-electron chi connectivity index (χ3n) is 3.75. The number of fused-ring (bicyclic) bond motifs is 1. The standard InChI is InChI=1S/C18H25N5O3/c1-5-22(12-15(24)19-18(2,3)4)16(25)10-11-23-17(26)13-8-6-7-9-14(13)20-21-23/h6-9H,5,10-12H2,1-4H3,(H,19,24). The second-order valence-corrected chi connectivity index (χ2v) is 7.09. The van der Waals surface area contributed by atoms with E-state index in [-0.39, 0.29) is 42.4 Å². The SMILES string of the molecule is CCN(CC(=O)NC(C)(C)C)C(=O)CCn1nnc2ccccc2c1=O. The molecule has 2 rings (SSSR count). The van der Waals surface area contributed by atoms with E-state index in [9.17, 15) is 14.4 Å².